The molecule has 0 heterocycles. The van der Waals surface area contributed by atoms with E-state index in [1.807, 2.05) is 6.92 Å². The molecule has 0 saturated heterocycles. The summed E-state index contributed by atoms with van der Waals surface area (Å²) in [6.45, 7) is 5.39. The molecular weight excluding hydrogens is 243 g/mol. The van der Waals surface area contributed by atoms with Gasteiger partial charge >= 0.3 is 7.60 Å². The zero-order valence-corrected chi connectivity index (χ0v) is 12.1. The van der Waals surface area contributed by atoms with Crippen LogP contribution >= 0.6 is 7.60 Å². The standard InChI is InChI=1S/C11H23O5P/c1-6-10(12)8(2)9(3)11(13)7-17(14,15-4)16-5/h8-10,12H,6-7H2,1-5H3/t8?,9?,10-/m0/s1. The molecule has 0 aliphatic heterocycles. The van der Waals surface area contributed by atoms with Gasteiger partial charge in [0.2, 0.25) is 0 Å². The molecule has 0 spiro atoms. The Labute approximate surface area is 103 Å². The third-order valence-electron chi connectivity index (χ3n) is 3.23. The van der Waals surface area contributed by atoms with Crippen LogP contribution in [0.3, 0.4) is 0 Å². The summed E-state index contributed by atoms with van der Waals surface area (Å²) in [5.74, 6) is -0.754. The number of aliphatic hydroxyl groups is 1. The van der Waals surface area contributed by atoms with E-state index in [1.165, 1.54) is 14.2 Å². The molecule has 5 nitrogen and oxygen atoms in total. The molecule has 0 amide bonds. The van der Waals surface area contributed by atoms with Crippen LogP contribution in [-0.2, 0) is 18.4 Å². The van der Waals surface area contributed by atoms with E-state index in [1.54, 1.807) is 13.8 Å². The minimum atomic E-state index is -3.30. The van der Waals surface area contributed by atoms with Gasteiger partial charge in [-0.25, -0.2) is 0 Å². The summed E-state index contributed by atoms with van der Waals surface area (Å²) in [6.07, 6.45) is -0.189. The topological polar surface area (TPSA) is 72.8 Å². The first kappa shape index (κ1) is 16.8. The largest absolute Gasteiger partial charge is 0.393 e. The molecule has 0 aromatic heterocycles. The van der Waals surface area contributed by atoms with E-state index in [0.29, 0.717) is 6.42 Å². The summed E-state index contributed by atoms with van der Waals surface area (Å²) in [4.78, 5) is 11.9. The van der Waals surface area contributed by atoms with Gasteiger partial charge in [-0.1, -0.05) is 20.8 Å². The minimum Gasteiger partial charge on any atom is -0.393 e. The fraction of sp³-hybridized carbons (Fsp3) is 0.909. The molecule has 0 rings (SSSR count). The van der Waals surface area contributed by atoms with Crippen LogP contribution in [0.1, 0.15) is 27.2 Å². The predicted octanol–water partition coefficient (Wildman–Crippen LogP) is 2.08. The van der Waals surface area contributed by atoms with Gasteiger partial charge in [-0.2, -0.15) is 0 Å². The summed E-state index contributed by atoms with van der Waals surface area (Å²) in [7, 11) is -0.788. The molecule has 1 N–H and O–H groups in total. The minimum absolute atomic E-state index is 0.172. The molecule has 6 heteroatoms. The Morgan fingerprint density at radius 2 is 1.76 bits per heavy atom. The Morgan fingerprint density at radius 3 is 2.12 bits per heavy atom. The maximum absolute atomic E-state index is 11.9. The van der Waals surface area contributed by atoms with Crippen molar-refractivity contribution in [2.45, 2.75) is 33.3 Å². The molecule has 0 aliphatic carbocycles. The first-order valence-corrected chi connectivity index (χ1v) is 7.45. The lowest BCUT2D eigenvalue weighted by Gasteiger charge is -2.24. The van der Waals surface area contributed by atoms with Crippen LogP contribution in [-0.4, -0.2) is 37.4 Å². The number of hydrogen-bond acceptors (Lipinski definition) is 5. The van der Waals surface area contributed by atoms with Gasteiger partial charge in [0.25, 0.3) is 0 Å². The lowest BCUT2D eigenvalue weighted by molar-refractivity contribution is -0.123. The number of carbonyl (C=O) groups is 1. The van der Waals surface area contributed by atoms with E-state index in [0.717, 1.165) is 0 Å². The average molecular weight is 266 g/mol. The first-order valence-electron chi connectivity index (χ1n) is 5.72. The predicted molar refractivity (Wildman–Crippen MR) is 66.1 cm³/mol. The van der Waals surface area contributed by atoms with Crippen LogP contribution in [0, 0.1) is 11.8 Å². The van der Waals surface area contributed by atoms with Gasteiger partial charge in [-0.05, 0) is 12.3 Å². The Hall–Kier alpha value is -0.220. The molecule has 2 unspecified atom stereocenters. The number of hydrogen-bond donors (Lipinski definition) is 1. The van der Waals surface area contributed by atoms with Gasteiger partial charge in [0.05, 0.1) is 6.10 Å². The molecule has 0 aliphatic rings. The van der Waals surface area contributed by atoms with Gasteiger partial charge < -0.3 is 14.2 Å². The van der Waals surface area contributed by atoms with E-state index >= 15 is 0 Å². The highest BCUT2D eigenvalue weighted by Crippen LogP contribution is 2.46. The second-order valence-corrected chi connectivity index (χ2v) is 6.49. The Balaban J connectivity index is 4.56. The van der Waals surface area contributed by atoms with Crippen molar-refractivity contribution in [2.75, 3.05) is 20.4 Å². The maximum atomic E-state index is 11.9. The number of carbonyl (C=O) groups excluding carboxylic acids is 1. The van der Waals surface area contributed by atoms with Crippen molar-refractivity contribution in [2.24, 2.45) is 11.8 Å². The van der Waals surface area contributed by atoms with Crippen molar-refractivity contribution in [3.8, 4) is 0 Å². The van der Waals surface area contributed by atoms with Crippen LogP contribution in [0.5, 0.6) is 0 Å². The molecule has 0 aromatic rings. The van der Waals surface area contributed by atoms with Crippen LogP contribution in [0.25, 0.3) is 0 Å². The number of ketones is 1. The van der Waals surface area contributed by atoms with Crippen molar-refractivity contribution < 1.29 is 23.5 Å². The Morgan fingerprint density at radius 1 is 1.29 bits per heavy atom. The smallest absolute Gasteiger partial charge is 0.337 e. The molecule has 0 bridgehead atoms. The monoisotopic (exact) mass is 266 g/mol. The number of aliphatic hydroxyl groups excluding tert-OH is 1. The number of Topliss-reactive ketones (excluding diaryl/α,β-unsaturated/α-hetero) is 1. The maximum Gasteiger partial charge on any atom is 0.337 e. The van der Waals surface area contributed by atoms with Crippen LogP contribution in [0.4, 0.5) is 0 Å². The van der Waals surface area contributed by atoms with Crippen molar-refractivity contribution in [3.63, 3.8) is 0 Å². The van der Waals surface area contributed by atoms with Gasteiger partial charge in [-0.3, -0.25) is 9.36 Å². The zero-order chi connectivity index (χ0) is 13.6. The quantitative estimate of drug-likeness (QED) is 0.681. The van der Waals surface area contributed by atoms with Gasteiger partial charge in [0.1, 0.15) is 11.9 Å². The molecule has 0 saturated carbocycles. The summed E-state index contributed by atoms with van der Waals surface area (Å²) in [6, 6.07) is 0. The third-order valence-corrected chi connectivity index (χ3v) is 5.04. The summed E-state index contributed by atoms with van der Waals surface area (Å²) >= 11 is 0. The fourth-order valence-corrected chi connectivity index (χ4v) is 2.61. The summed E-state index contributed by atoms with van der Waals surface area (Å²) < 4.78 is 21.2. The lowest BCUT2D eigenvalue weighted by Crippen LogP contribution is -2.30. The normalized spacial score (nSPS) is 17.5. The second kappa shape index (κ2) is 7.27. The van der Waals surface area contributed by atoms with Crippen LogP contribution in [0.15, 0.2) is 0 Å². The molecule has 0 fully saturated rings. The van der Waals surface area contributed by atoms with Crippen molar-refractivity contribution in [3.05, 3.63) is 0 Å². The SMILES string of the molecule is CC[C@H](O)C(C)C(C)C(=O)CP(=O)(OC)OC. The Kier molecular flexibility index (Phi) is 7.17. The highest BCUT2D eigenvalue weighted by Gasteiger charge is 2.32. The highest BCUT2D eigenvalue weighted by atomic mass is 31.2. The van der Waals surface area contributed by atoms with Crippen molar-refractivity contribution in [1.82, 2.24) is 0 Å². The second-order valence-electron chi connectivity index (χ2n) is 4.22. The van der Waals surface area contributed by atoms with Gasteiger partial charge in [0.15, 0.2) is 0 Å². The van der Waals surface area contributed by atoms with E-state index in [-0.39, 0.29) is 23.8 Å². The molecule has 17 heavy (non-hydrogen) atoms. The molecule has 0 aromatic carbocycles. The van der Waals surface area contributed by atoms with Crippen LogP contribution < -0.4 is 0 Å². The van der Waals surface area contributed by atoms with E-state index in [2.05, 4.69) is 0 Å². The Bertz CT molecular complexity index is 284. The van der Waals surface area contributed by atoms with Crippen molar-refractivity contribution >= 4 is 13.4 Å². The molecular formula is C11H23O5P. The lowest BCUT2D eigenvalue weighted by atomic mass is 9.87. The van der Waals surface area contributed by atoms with Gasteiger partial charge in [-0.15, -0.1) is 0 Å². The van der Waals surface area contributed by atoms with E-state index in [9.17, 15) is 14.5 Å². The first-order chi connectivity index (χ1) is 7.81. The zero-order valence-electron chi connectivity index (χ0n) is 11.2. The molecule has 102 valence electrons. The van der Waals surface area contributed by atoms with Gasteiger partial charge in [0, 0.05) is 20.1 Å². The molecule has 3 atom stereocenters. The summed E-state index contributed by atoms with van der Waals surface area (Å²) in [5.41, 5.74) is 0. The average Bonchev–Trinajstić information content (AvgIpc) is 2.35. The van der Waals surface area contributed by atoms with E-state index < -0.39 is 13.7 Å². The number of rotatable bonds is 8. The highest BCUT2D eigenvalue weighted by molar-refractivity contribution is 7.54. The van der Waals surface area contributed by atoms with E-state index in [4.69, 9.17) is 9.05 Å². The van der Waals surface area contributed by atoms with Crippen LogP contribution in [0.2, 0.25) is 0 Å². The summed E-state index contributed by atoms with van der Waals surface area (Å²) in [5, 5.41) is 9.67. The molecule has 0 radical (unpaired) electrons. The third kappa shape index (κ3) is 4.88. The fourth-order valence-electron chi connectivity index (χ4n) is 1.54. The van der Waals surface area contributed by atoms with Crippen molar-refractivity contribution in [1.29, 1.82) is 0 Å².